The molecule has 3 nitrogen and oxygen atoms in total. The van der Waals surface area contributed by atoms with Crippen molar-refractivity contribution in [2.24, 2.45) is 5.92 Å². The summed E-state index contributed by atoms with van der Waals surface area (Å²) in [5.74, 6) is 1.09. The molecule has 4 rings (SSSR count). The molecule has 3 aromatic carbocycles. The quantitative estimate of drug-likeness (QED) is 0.525. The number of methoxy groups -OCH3 is 1. The van der Waals surface area contributed by atoms with Crippen molar-refractivity contribution in [1.29, 1.82) is 0 Å². The first kappa shape index (κ1) is 17.6. The molecule has 3 heteroatoms. The first-order chi connectivity index (χ1) is 13.2. The van der Waals surface area contributed by atoms with E-state index in [0.29, 0.717) is 0 Å². The van der Waals surface area contributed by atoms with Crippen LogP contribution in [0.5, 0.6) is 5.75 Å². The Bertz CT molecular complexity index is 948. The van der Waals surface area contributed by atoms with Crippen molar-refractivity contribution in [2.45, 2.75) is 32.2 Å². The van der Waals surface area contributed by atoms with E-state index in [-0.39, 0.29) is 17.9 Å². The second-order valence-corrected chi connectivity index (χ2v) is 7.21. The zero-order chi connectivity index (χ0) is 18.8. The van der Waals surface area contributed by atoms with E-state index in [0.717, 1.165) is 30.7 Å². The zero-order valence-electron chi connectivity index (χ0n) is 15.9. The number of anilines is 1. The van der Waals surface area contributed by atoms with Crippen LogP contribution in [0, 0.1) is 5.92 Å². The third kappa shape index (κ3) is 3.18. The molecule has 0 aromatic heterocycles. The molecule has 2 atom stereocenters. The van der Waals surface area contributed by atoms with Crippen LogP contribution in [0.2, 0.25) is 0 Å². The van der Waals surface area contributed by atoms with Gasteiger partial charge in [0.2, 0.25) is 5.91 Å². The van der Waals surface area contributed by atoms with Crippen molar-refractivity contribution >= 4 is 22.4 Å². The molecule has 1 aliphatic rings. The van der Waals surface area contributed by atoms with Gasteiger partial charge in [-0.25, -0.2) is 0 Å². The summed E-state index contributed by atoms with van der Waals surface area (Å²) in [5, 5.41) is 2.45. The molecule has 27 heavy (non-hydrogen) atoms. The van der Waals surface area contributed by atoms with Gasteiger partial charge in [0.25, 0.3) is 0 Å². The van der Waals surface area contributed by atoms with Gasteiger partial charge in [-0.1, -0.05) is 56.2 Å². The highest BCUT2D eigenvalue weighted by Crippen LogP contribution is 2.46. The molecule has 0 spiro atoms. The maximum Gasteiger partial charge on any atom is 0.233 e. The van der Waals surface area contributed by atoms with Crippen LogP contribution in [0.3, 0.4) is 0 Å². The third-order valence-electron chi connectivity index (χ3n) is 5.55. The number of fused-ring (bicyclic) bond motifs is 1. The van der Waals surface area contributed by atoms with E-state index in [1.165, 1.54) is 16.3 Å². The lowest BCUT2D eigenvalue weighted by Gasteiger charge is -2.48. The van der Waals surface area contributed by atoms with Crippen LogP contribution in [0.15, 0.2) is 66.7 Å². The van der Waals surface area contributed by atoms with Gasteiger partial charge in [-0.3, -0.25) is 4.79 Å². The molecular formula is C24H25NO2. The highest BCUT2D eigenvalue weighted by molar-refractivity contribution is 6.03. The Kier molecular flexibility index (Phi) is 4.85. The minimum atomic E-state index is 0.0632. The maximum atomic E-state index is 13.0. The fourth-order valence-corrected chi connectivity index (χ4v) is 4.06. The van der Waals surface area contributed by atoms with Crippen LogP contribution in [-0.4, -0.2) is 13.0 Å². The Morgan fingerprint density at radius 1 is 0.963 bits per heavy atom. The van der Waals surface area contributed by atoms with Crippen molar-refractivity contribution < 1.29 is 9.53 Å². The second-order valence-electron chi connectivity index (χ2n) is 7.21. The summed E-state index contributed by atoms with van der Waals surface area (Å²) >= 11 is 0. The number of hydrogen-bond donors (Lipinski definition) is 0. The standard InChI is InChI=1S/C24H25NO2/c1-3-4-9-22-23(19-11-10-17-7-5-6-8-18(17)16-19)25(24(22)26)20-12-14-21(27-2)15-13-20/h5-8,10-16,22-23H,3-4,9H2,1-2H3/t22-,23+/m0/s1. The molecular weight excluding hydrogens is 334 g/mol. The summed E-state index contributed by atoms with van der Waals surface area (Å²) in [6.45, 7) is 2.18. The van der Waals surface area contributed by atoms with Crippen LogP contribution >= 0.6 is 0 Å². The molecule has 1 fully saturated rings. The van der Waals surface area contributed by atoms with Gasteiger partial charge in [0.1, 0.15) is 5.75 Å². The van der Waals surface area contributed by atoms with Crippen molar-refractivity contribution in [3.05, 3.63) is 72.3 Å². The van der Waals surface area contributed by atoms with Crippen LogP contribution < -0.4 is 9.64 Å². The molecule has 0 aliphatic carbocycles. The van der Waals surface area contributed by atoms with Crippen LogP contribution in [0.4, 0.5) is 5.69 Å². The zero-order valence-corrected chi connectivity index (χ0v) is 15.9. The largest absolute Gasteiger partial charge is 0.497 e. The molecule has 0 N–H and O–H groups in total. The number of ether oxygens (including phenoxy) is 1. The monoisotopic (exact) mass is 359 g/mol. The Morgan fingerprint density at radius 2 is 1.70 bits per heavy atom. The van der Waals surface area contributed by atoms with E-state index < -0.39 is 0 Å². The van der Waals surface area contributed by atoms with E-state index in [1.807, 2.05) is 29.2 Å². The normalized spacial score (nSPS) is 19.2. The lowest BCUT2D eigenvalue weighted by Crippen LogP contribution is -2.55. The molecule has 0 bridgehead atoms. The first-order valence-corrected chi connectivity index (χ1v) is 9.68. The minimum absolute atomic E-state index is 0.0632. The maximum absolute atomic E-state index is 13.0. The average molecular weight is 359 g/mol. The molecule has 3 aromatic rings. The third-order valence-corrected chi connectivity index (χ3v) is 5.55. The number of benzene rings is 3. The van der Waals surface area contributed by atoms with Crippen LogP contribution in [0.25, 0.3) is 10.8 Å². The van der Waals surface area contributed by atoms with Gasteiger partial charge in [-0.2, -0.15) is 0 Å². The van der Waals surface area contributed by atoms with Crippen molar-refractivity contribution in [3.8, 4) is 5.75 Å². The Labute approximate surface area is 160 Å². The predicted octanol–water partition coefficient (Wildman–Crippen LogP) is 5.74. The van der Waals surface area contributed by atoms with Crippen molar-refractivity contribution in [1.82, 2.24) is 0 Å². The van der Waals surface area contributed by atoms with Gasteiger partial charge in [0.15, 0.2) is 0 Å². The highest BCUT2D eigenvalue weighted by atomic mass is 16.5. The minimum Gasteiger partial charge on any atom is -0.497 e. The summed E-state index contributed by atoms with van der Waals surface area (Å²) in [5.41, 5.74) is 2.15. The van der Waals surface area contributed by atoms with Crippen LogP contribution in [-0.2, 0) is 4.79 Å². The number of nitrogens with zero attached hydrogens (tertiary/aromatic N) is 1. The molecule has 1 aliphatic heterocycles. The number of rotatable bonds is 6. The van der Waals surface area contributed by atoms with E-state index >= 15 is 0 Å². The number of unbranched alkanes of at least 4 members (excludes halogenated alkanes) is 1. The van der Waals surface area contributed by atoms with Gasteiger partial charge in [0, 0.05) is 5.69 Å². The number of amides is 1. The second kappa shape index (κ2) is 7.43. The van der Waals surface area contributed by atoms with E-state index in [2.05, 4.69) is 49.4 Å². The molecule has 0 unspecified atom stereocenters. The molecule has 0 saturated carbocycles. The smallest absolute Gasteiger partial charge is 0.233 e. The van der Waals surface area contributed by atoms with Gasteiger partial charge in [-0.15, -0.1) is 0 Å². The van der Waals surface area contributed by atoms with Gasteiger partial charge >= 0.3 is 0 Å². The average Bonchev–Trinajstić information content (AvgIpc) is 2.72. The fourth-order valence-electron chi connectivity index (χ4n) is 4.06. The summed E-state index contributed by atoms with van der Waals surface area (Å²) in [6.07, 6.45) is 3.13. The summed E-state index contributed by atoms with van der Waals surface area (Å²) in [4.78, 5) is 14.9. The predicted molar refractivity (Wildman–Crippen MR) is 110 cm³/mol. The van der Waals surface area contributed by atoms with Crippen LogP contribution in [0.1, 0.15) is 37.8 Å². The number of carbonyl (C=O) groups is 1. The molecule has 1 heterocycles. The van der Waals surface area contributed by atoms with E-state index in [1.54, 1.807) is 7.11 Å². The highest BCUT2D eigenvalue weighted by Gasteiger charge is 2.48. The summed E-state index contributed by atoms with van der Waals surface area (Å²) in [6, 6.07) is 22.8. The van der Waals surface area contributed by atoms with Gasteiger partial charge < -0.3 is 9.64 Å². The Morgan fingerprint density at radius 3 is 2.41 bits per heavy atom. The lowest BCUT2D eigenvalue weighted by molar-refractivity contribution is -0.130. The SMILES string of the molecule is CCCC[C@@H]1C(=O)N(c2ccc(OC)cc2)[C@@H]1c1ccc2ccccc2c1. The van der Waals surface area contributed by atoms with E-state index in [4.69, 9.17) is 4.74 Å². The lowest BCUT2D eigenvalue weighted by atomic mass is 9.78. The van der Waals surface area contributed by atoms with E-state index in [9.17, 15) is 4.79 Å². The van der Waals surface area contributed by atoms with Gasteiger partial charge in [-0.05, 0) is 53.1 Å². The Hall–Kier alpha value is -2.81. The summed E-state index contributed by atoms with van der Waals surface area (Å²) < 4.78 is 5.26. The number of β-lactam (4-membered cyclic amide) rings is 1. The van der Waals surface area contributed by atoms with Gasteiger partial charge in [0.05, 0.1) is 19.1 Å². The van der Waals surface area contributed by atoms with Crippen molar-refractivity contribution in [2.75, 3.05) is 12.0 Å². The molecule has 1 saturated heterocycles. The first-order valence-electron chi connectivity index (χ1n) is 9.68. The fraction of sp³-hybridized carbons (Fsp3) is 0.292. The topological polar surface area (TPSA) is 29.5 Å². The molecule has 0 radical (unpaired) electrons. The molecule has 138 valence electrons. The number of carbonyl (C=O) groups excluding carboxylic acids is 1. The molecule has 1 amide bonds. The van der Waals surface area contributed by atoms with Crippen molar-refractivity contribution in [3.63, 3.8) is 0 Å². The Balaban J connectivity index is 1.71. The number of hydrogen-bond acceptors (Lipinski definition) is 2. The summed E-state index contributed by atoms with van der Waals surface area (Å²) in [7, 11) is 1.66.